The molecule has 9 unspecified atom stereocenters. The van der Waals surface area contributed by atoms with Crippen molar-refractivity contribution in [1.29, 1.82) is 0 Å². The number of rotatable bonds is 24. The summed E-state index contributed by atoms with van der Waals surface area (Å²) in [6.07, 6.45) is -11.4. The average Bonchev–Trinajstić information content (AvgIpc) is 3.69. The van der Waals surface area contributed by atoms with Gasteiger partial charge in [-0.25, -0.2) is 33.2 Å². The molecule has 35 heteroatoms. The van der Waals surface area contributed by atoms with Gasteiger partial charge in [-0.15, -0.1) is 0 Å². The molecule has 9 atom stereocenters. The van der Waals surface area contributed by atoms with E-state index >= 15 is 0 Å². The fourth-order valence-electron chi connectivity index (χ4n) is 4.79. The van der Waals surface area contributed by atoms with Crippen LogP contribution in [0.3, 0.4) is 0 Å². The fraction of sp³-hybridized carbons (Fsp3) is 0.680. The quantitative estimate of drug-likeness (QED) is 0.0358. The van der Waals surface area contributed by atoms with E-state index < -0.39 is 116 Å². The number of nitrogens with two attached hydrogens (primary N) is 1. The number of ether oxygens (including phenoxy) is 1. The second kappa shape index (κ2) is 21.3. The second-order valence-electron chi connectivity index (χ2n) is 13.0. The molecule has 1 aliphatic heterocycles. The molecule has 0 radical (unpaired) electrons. The Morgan fingerprint density at radius 3 is 2.23 bits per heavy atom. The predicted octanol–water partition coefficient (Wildman–Crippen LogP) is -3.50. The number of nitrogens with zero attached hydrogens (tertiary/aromatic N) is 4. The molecular weight excluding hydrogens is 922 g/mol. The molecule has 0 aromatic carbocycles. The zero-order valence-corrected chi connectivity index (χ0v) is 35.4. The lowest BCUT2D eigenvalue weighted by Crippen LogP contribution is -2.46. The monoisotopic (exact) mass is 965 g/mol. The van der Waals surface area contributed by atoms with Crippen LogP contribution < -0.4 is 16.4 Å². The summed E-state index contributed by atoms with van der Waals surface area (Å²) >= 11 is 0.480. The normalized spacial score (nSPS) is 22.4. The summed E-state index contributed by atoms with van der Waals surface area (Å²) in [5.74, 6) is -1.89. The summed E-state index contributed by atoms with van der Waals surface area (Å²) in [4.78, 5) is 105. The van der Waals surface area contributed by atoms with Crippen LogP contribution in [0.15, 0.2) is 12.7 Å². The van der Waals surface area contributed by atoms with Gasteiger partial charge in [-0.2, -0.15) is 4.31 Å². The van der Waals surface area contributed by atoms with Gasteiger partial charge in [0.1, 0.15) is 42.4 Å². The highest BCUT2D eigenvalue weighted by Crippen LogP contribution is 2.61. The molecular formula is C25H43N7O23P4S. The highest BCUT2D eigenvalue weighted by molar-refractivity contribution is 8.13. The van der Waals surface area contributed by atoms with Crippen LogP contribution in [0.2, 0.25) is 0 Å². The summed E-state index contributed by atoms with van der Waals surface area (Å²) < 4.78 is 76.6. The minimum Gasteiger partial charge on any atom is -0.387 e. The van der Waals surface area contributed by atoms with Crippen molar-refractivity contribution in [2.24, 2.45) is 5.41 Å². The minimum atomic E-state index is -5.62. The Morgan fingerprint density at radius 1 is 0.950 bits per heavy atom. The van der Waals surface area contributed by atoms with Crippen molar-refractivity contribution in [3.8, 4) is 0 Å². The number of amides is 2. The van der Waals surface area contributed by atoms with Crippen molar-refractivity contribution >= 4 is 77.0 Å². The van der Waals surface area contributed by atoms with Crippen LogP contribution >= 0.6 is 43.1 Å². The van der Waals surface area contributed by atoms with Crippen molar-refractivity contribution in [2.75, 3.05) is 44.4 Å². The van der Waals surface area contributed by atoms with E-state index in [0.29, 0.717) is 11.8 Å². The molecule has 0 saturated carbocycles. The summed E-state index contributed by atoms with van der Waals surface area (Å²) in [7, 11) is -21.5. The lowest BCUT2D eigenvalue weighted by Gasteiger charge is -2.30. The third kappa shape index (κ3) is 16.1. The number of imidazole rings is 1. The van der Waals surface area contributed by atoms with Gasteiger partial charge in [0, 0.05) is 30.7 Å². The summed E-state index contributed by atoms with van der Waals surface area (Å²) in [5.41, 5.74) is 4.11. The topological polar surface area (TPSA) is 471 Å². The van der Waals surface area contributed by atoms with Crippen molar-refractivity contribution in [1.82, 2.24) is 30.2 Å². The number of phosphoric ester groups is 4. The smallest absolute Gasteiger partial charge is 0.387 e. The Balaban J connectivity index is 1.45. The lowest BCUT2D eigenvalue weighted by molar-refractivity contribution is -0.137. The number of phosphoric acid groups is 4. The van der Waals surface area contributed by atoms with E-state index in [4.69, 9.17) is 29.3 Å². The highest BCUT2D eigenvalue weighted by atomic mass is 32.2. The van der Waals surface area contributed by atoms with Crippen molar-refractivity contribution < 1.29 is 110 Å². The number of aromatic nitrogens is 4. The number of carbonyl (C=O) groups excluding carboxylic acids is 3. The van der Waals surface area contributed by atoms with Gasteiger partial charge >= 0.3 is 31.3 Å². The maximum absolute atomic E-state index is 12.7. The Hall–Kier alpha value is -2.41. The molecule has 0 spiro atoms. The summed E-state index contributed by atoms with van der Waals surface area (Å²) in [6.45, 7) is -1.27. The third-order valence-electron chi connectivity index (χ3n) is 7.77. The minimum absolute atomic E-state index is 0.00355. The molecule has 2 amide bonds. The van der Waals surface area contributed by atoms with Crippen LogP contribution in [0.4, 0.5) is 5.82 Å². The first kappa shape index (κ1) is 51.9. The van der Waals surface area contributed by atoms with E-state index in [2.05, 4.69) is 38.9 Å². The lowest BCUT2D eigenvalue weighted by atomic mass is 9.87. The van der Waals surface area contributed by atoms with Crippen molar-refractivity contribution in [3.05, 3.63) is 12.7 Å². The van der Waals surface area contributed by atoms with Gasteiger partial charge in [-0.3, -0.25) is 37.0 Å². The number of hydrogen-bond acceptors (Lipinski definition) is 22. The Kier molecular flexibility index (Phi) is 18.4. The van der Waals surface area contributed by atoms with Gasteiger partial charge in [0.05, 0.1) is 26.1 Å². The van der Waals surface area contributed by atoms with Crippen LogP contribution in [-0.4, -0.2) is 162 Å². The Bertz CT molecular complexity index is 2020. The van der Waals surface area contributed by atoms with Crippen molar-refractivity contribution in [2.45, 2.75) is 63.1 Å². The van der Waals surface area contributed by atoms with E-state index in [-0.39, 0.29) is 42.2 Å². The molecule has 30 nitrogen and oxygen atoms in total. The number of thioether (sulfide) groups is 1. The van der Waals surface area contributed by atoms with E-state index in [9.17, 15) is 72.6 Å². The Morgan fingerprint density at radius 2 is 1.60 bits per heavy atom. The van der Waals surface area contributed by atoms with Crippen LogP contribution in [0.5, 0.6) is 0 Å². The van der Waals surface area contributed by atoms with Gasteiger partial charge in [0.25, 0.3) is 0 Å². The first-order valence-corrected chi connectivity index (χ1v) is 23.7. The number of anilines is 1. The molecule has 1 saturated heterocycles. The van der Waals surface area contributed by atoms with E-state index in [1.54, 1.807) is 0 Å². The number of aliphatic hydroxyl groups is 4. The first-order valence-electron chi connectivity index (χ1n) is 16.6. The van der Waals surface area contributed by atoms with Crippen LogP contribution in [0.25, 0.3) is 11.2 Å². The number of aliphatic hydroxyl groups excluding tert-OH is 4. The molecule has 342 valence electrons. The van der Waals surface area contributed by atoms with E-state index in [1.165, 1.54) is 13.8 Å². The molecule has 60 heavy (non-hydrogen) atoms. The van der Waals surface area contributed by atoms with Crippen LogP contribution in [0.1, 0.15) is 26.5 Å². The van der Waals surface area contributed by atoms with Crippen LogP contribution in [0, 0.1) is 5.41 Å². The molecule has 0 aliphatic carbocycles. The average molecular weight is 966 g/mol. The fourth-order valence-corrected chi connectivity index (χ4v) is 8.70. The van der Waals surface area contributed by atoms with Crippen molar-refractivity contribution in [3.63, 3.8) is 0 Å². The zero-order chi connectivity index (χ0) is 45.4. The Labute approximate surface area is 341 Å². The number of carbonyl (C=O) groups is 3. The molecule has 1 aliphatic rings. The largest absolute Gasteiger partial charge is 0.481 e. The number of fused-ring (bicyclic) bond motifs is 1. The molecule has 0 bridgehead atoms. The van der Waals surface area contributed by atoms with E-state index in [0.717, 1.165) is 17.2 Å². The molecule has 2 aromatic rings. The second-order valence-corrected chi connectivity index (χ2v) is 19.6. The number of nitrogen functional groups attached to an aromatic ring is 1. The van der Waals surface area contributed by atoms with E-state index in [1.807, 2.05) is 0 Å². The number of hydrogen-bond donors (Lipinski definition) is 13. The molecule has 2 aromatic heterocycles. The summed E-state index contributed by atoms with van der Waals surface area (Å²) in [6, 6.07) is 0. The van der Waals surface area contributed by atoms with Gasteiger partial charge in [-0.1, -0.05) is 25.6 Å². The van der Waals surface area contributed by atoms with Gasteiger partial charge in [0.15, 0.2) is 23.8 Å². The first-order chi connectivity index (χ1) is 27.5. The number of nitrogens with one attached hydrogen (secondary N) is 2. The van der Waals surface area contributed by atoms with Crippen LogP contribution in [-0.2, 0) is 59.8 Å². The molecule has 14 N–H and O–H groups in total. The van der Waals surface area contributed by atoms with Gasteiger partial charge in [0.2, 0.25) is 16.9 Å². The highest BCUT2D eigenvalue weighted by Gasteiger charge is 2.50. The molecule has 3 rings (SSSR count). The zero-order valence-electron chi connectivity index (χ0n) is 31.0. The van der Waals surface area contributed by atoms with Gasteiger partial charge < -0.3 is 70.9 Å². The summed E-state index contributed by atoms with van der Waals surface area (Å²) in [5, 5.41) is 44.4. The third-order valence-corrected chi connectivity index (χ3v) is 12.3. The molecule has 3 heterocycles. The maximum Gasteiger partial charge on any atom is 0.481 e. The maximum atomic E-state index is 12.7. The standard InChI is InChI=1S/C25H43N7O23P4S/c1-25(2,19(37)22(38)28-4-3-14(34)27-5-6-60-24(39)16(35)12(33)7-50-56(40,41)42)9-52-59(48,49)55-58(46,47)51-8-13-18(54-57(43,44)45)17(36)23(53-13)32-11-31-15-20(26)29-10-30-21(15)32/h10-13,16-19,23,33,35-37H,3-9H2,1-2H3,(H,27,34)(H,28,38)(H,46,47)(H,48,49)(H2,26,29,30)(H2,40,41,42)(H2,43,44,45). The van der Waals surface area contributed by atoms with Gasteiger partial charge in [-0.05, 0) is 0 Å². The SMILES string of the molecule is CC(C)(COP(=O)(O)OP(=O)(O)OCC1OC(n2cnc3c(N)ncnc32)C(O)C1OP(=O)(O)O)C(O)C(=O)NCCC(=O)NCCSC(=O)C(O)C(O)COP(=O)(O)O. The predicted molar refractivity (Wildman–Crippen MR) is 197 cm³/mol. The molecule has 1 fully saturated rings.